The second-order valence-corrected chi connectivity index (χ2v) is 11.0. The van der Waals surface area contributed by atoms with Crippen LogP contribution in [0.3, 0.4) is 0 Å². The van der Waals surface area contributed by atoms with Gasteiger partial charge >= 0.3 is 0 Å². The van der Waals surface area contributed by atoms with Crippen molar-refractivity contribution in [2.75, 3.05) is 11.5 Å². The van der Waals surface area contributed by atoms with Gasteiger partial charge in [0.25, 0.3) is 0 Å². The Hall–Kier alpha value is -1.22. The van der Waals surface area contributed by atoms with Crippen LogP contribution in [0.5, 0.6) is 0 Å². The highest BCUT2D eigenvalue weighted by atomic mass is 35.5. The monoisotopic (exact) mass is 440 g/mol. The molecule has 1 aromatic heterocycles. The van der Waals surface area contributed by atoms with Gasteiger partial charge in [0.15, 0.2) is 14.6 Å². The van der Waals surface area contributed by atoms with Crippen LogP contribution in [0.4, 0.5) is 0 Å². The predicted molar refractivity (Wildman–Crippen MR) is 113 cm³/mol. The van der Waals surface area contributed by atoms with E-state index in [0.29, 0.717) is 17.9 Å². The number of rotatable bonds is 5. The van der Waals surface area contributed by atoms with E-state index >= 15 is 0 Å². The smallest absolute Gasteiger partial charge is 0.198 e. The molecule has 1 saturated heterocycles. The van der Waals surface area contributed by atoms with E-state index in [9.17, 15) is 8.42 Å². The van der Waals surface area contributed by atoms with Gasteiger partial charge in [0.1, 0.15) is 5.82 Å². The van der Waals surface area contributed by atoms with Crippen molar-refractivity contribution in [2.24, 2.45) is 7.05 Å². The molecule has 0 bridgehead atoms. The van der Waals surface area contributed by atoms with Gasteiger partial charge in [-0.2, -0.15) is 5.10 Å². The number of nitrogens with one attached hydrogen (secondary N) is 1. The van der Waals surface area contributed by atoms with Crippen molar-refractivity contribution in [2.45, 2.75) is 50.2 Å². The Labute approximate surface area is 175 Å². The van der Waals surface area contributed by atoms with E-state index in [0.717, 1.165) is 23.7 Å². The molecule has 2 heterocycles. The molecule has 0 radical (unpaired) electrons. The molecule has 1 aliphatic carbocycles. The lowest BCUT2D eigenvalue weighted by molar-refractivity contribution is 0.297. The SMILES string of the molecule is Cn1c(C2CCS(=O)(=O)C2)nn(CNC2(c3ccc(Cl)cc3)CCCC2)c1=S. The average molecular weight is 441 g/mol. The van der Waals surface area contributed by atoms with Crippen LogP contribution < -0.4 is 5.32 Å². The summed E-state index contributed by atoms with van der Waals surface area (Å²) >= 11 is 11.6. The third-order valence-corrected chi connectivity index (χ3v) is 8.60. The number of nitrogens with zero attached hydrogens (tertiary/aromatic N) is 3. The van der Waals surface area contributed by atoms with Crippen molar-refractivity contribution in [3.8, 4) is 0 Å². The zero-order chi connectivity index (χ0) is 19.9. The Morgan fingerprint density at radius 1 is 1.29 bits per heavy atom. The van der Waals surface area contributed by atoms with E-state index in [-0.39, 0.29) is 23.0 Å². The fourth-order valence-electron chi connectivity index (χ4n) is 4.50. The Kier molecular flexibility index (Phi) is 5.41. The van der Waals surface area contributed by atoms with E-state index < -0.39 is 9.84 Å². The van der Waals surface area contributed by atoms with Crippen LogP contribution in [0.2, 0.25) is 5.02 Å². The number of benzene rings is 1. The summed E-state index contributed by atoms with van der Waals surface area (Å²) in [5, 5.41) is 9.11. The summed E-state index contributed by atoms with van der Waals surface area (Å²) in [7, 11) is -1.09. The molecule has 1 aliphatic heterocycles. The zero-order valence-electron chi connectivity index (χ0n) is 15.9. The Morgan fingerprint density at radius 3 is 2.57 bits per heavy atom. The fraction of sp³-hybridized carbons (Fsp3) is 0.579. The topological polar surface area (TPSA) is 68.9 Å². The summed E-state index contributed by atoms with van der Waals surface area (Å²) in [5.41, 5.74) is 1.13. The van der Waals surface area contributed by atoms with Gasteiger partial charge in [0.2, 0.25) is 0 Å². The van der Waals surface area contributed by atoms with E-state index in [4.69, 9.17) is 23.8 Å². The van der Waals surface area contributed by atoms with Crippen molar-refractivity contribution in [3.05, 3.63) is 45.4 Å². The first kappa shape index (κ1) is 20.1. The molecule has 1 unspecified atom stereocenters. The molecule has 0 amide bonds. The zero-order valence-corrected chi connectivity index (χ0v) is 18.3. The fourth-order valence-corrected chi connectivity index (χ4v) is 6.57. The summed E-state index contributed by atoms with van der Waals surface area (Å²) in [6.07, 6.45) is 5.08. The van der Waals surface area contributed by atoms with Gasteiger partial charge in [0.05, 0.1) is 18.2 Å². The van der Waals surface area contributed by atoms with Gasteiger partial charge in [-0.25, -0.2) is 13.1 Å². The first-order chi connectivity index (χ1) is 13.3. The minimum absolute atomic E-state index is 0.0744. The molecule has 28 heavy (non-hydrogen) atoms. The Bertz CT molecular complexity index is 1020. The highest BCUT2D eigenvalue weighted by Crippen LogP contribution is 2.39. The molecule has 9 heteroatoms. The van der Waals surface area contributed by atoms with Crippen LogP contribution in [0, 0.1) is 4.77 Å². The van der Waals surface area contributed by atoms with E-state index in [2.05, 4.69) is 22.5 Å². The van der Waals surface area contributed by atoms with Crippen molar-refractivity contribution in [1.29, 1.82) is 0 Å². The van der Waals surface area contributed by atoms with Crippen LogP contribution in [0.1, 0.15) is 49.4 Å². The second kappa shape index (κ2) is 7.55. The average Bonchev–Trinajstić information content (AvgIpc) is 3.35. The van der Waals surface area contributed by atoms with Crippen LogP contribution in [-0.4, -0.2) is 34.3 Å². The van der Waals surface area contributed by atoms with Crippen molar-refractivity contribution in [3.63, 3.8) is 0 Å². The van der Waals surface area contributed by atoms with Crippen LogP contribution in [0.25, 0.3) is 0 Å². The third-order valence-electron chi connectivity index (χ3n) is 6.09. The minimum atomic E-state index is -2.96. The number of aromatic nitrogens is 3. The summed E-state index contributed by atoms with van der Waals surface area (Å²) in [4.78, 5) is 0. The van der Waals surface area contributed by atoms with Gasteiger partial charge in [-0.05, 0) is 49.2 Å². The molecule has 1 atom stereocenters. The standard InChI is InChI=1S/C19H25ClN4O2S2/c1-23-17(14-8-11-28(25,26)12-14)22-24(18(23)27)13-21-19(9-2-3-10-19)15-4-6-16(20)7-5-15/h4-7,14,21H,2-3,8-13H2,1H3. The molecule has 6 nitrogen and oxygen atoms in total. The normalized spacial score (nSPS) is 23.3. The van der Waals surface area contributed by atoms with Crippen LogP contribution in [0.15, 0.2) is 24.3 Å². The molecule has 1 saturated carbocycles. The summed E-state index contributed by atoms with van der Waals surface area (Å²) in [6.45, 7) is 0.495. The van der Waals surface area contributed by atoms with Crippen molar-refractivity contribution < 1.29 is 8.42 Å². The van der Waals surface area contributed by atoms with E-state index in [1.54, 1.807) is 4.68 Å². The lowest BCUT2D eigenvalue weighted by Gasteiger charge is -2.31. The highest BCUT2D eigenvalue weighted by Gasteiger charge is 2.36. The first-order valence-electron chi connectivity index (χ1n) is 9.65. The predicted octanol–water partition coefficient (Wildman–Crippen LogP) is 3.52. The van der Waals surface area contributed by atoms with E-state index in [1.807, 2.05) is 23.7 Å². The third kappa shape index (κ3) is 3.79. The summed E-state index contributed by atoms with van der Waals surface area (Å²) < 4.78 is 27.9. The number of halogens is 1. The second-order valence-electron chi connectivity index (χ2n) is 7.93. The van der Waals surface area contributed by atoms with Gasteiger partial charge in [0, 0.05) is 23.5 Å². The summed E-state index contributed by atoms with van der Waals surface area (Å²) in [6, 6.07) is 8.05. The van der Waals surface area contributed by atoms with Gasteiger partial charge < -0.3 is 4.57 Å². The molecule has 0 spiro atoms. The largest absolute Gasteiger partial charge is 0.307 e. The van der Waals surface area contributed by atoms with Gasteiger partial charge in [-0.1, -0.05) is 36.6 Å². The highest BCUT2D eigenvalue weighted by molar-refractivity contribution is 7.91. The number of hydrogen-bond acceptors (Lipinski definition) is 5. The molecule has 2 aromatic rings. The first-order valence-corrected chi connectivity index (χ1v) is 12.3. The molecule has 2 fully saturated rings. The maximum Gasteiger partial charge on any atom is 0.198 e. The Morgan fingerprint density at radius 2 is 1.96 bits per heavy atom. The van der Waals surface area contributed by atoms with Crippen LogP contribution in [-0.2, 0) is 29.1 Å². The lowest BCUT2D eigenvalue weighted by atomic mass is 9.88. The van der Waals surface area contributed by atoms with Gasteiger partial charge in [-0.3, -0.25) is 5.32 Å². The van der Waals surface area contributed by atoms with Crippen LogP contribution >= 0.6 is 23.8 Å². The number of hydrogen-bond donors (Lipinski definition) is 1. The molecule has 2 aliphatic rings. The Balaban J connectivity index is 1.56. The number of sulfone groups is 1. The van der Waals surface area contributed by atoms with Gasteiger partial charge in [-0.15, -0.1) is 0 Å². The van der Waals surface area contributed by atoms with Crippen molar-refractivity contribution in [1.82, 2.24) is 19.7 Å². The van der Waals surface area contributed by atoms with Crippen molar-refractivity contribution >= 4 is 33.7 Å². The molecule has 152 valence electrons. The van der Waals surface area contributed by atoms with E-state index in [1.165, 1.54) is 18.4 Å². The summed E-state index contributed by atoms with van der Waals surface area (Å²) in [5.74, 6) is 1.08. The molecular weight excluding hydrogens is 416 g/mol. The molecule has 1 aromatic carbocycles. The minimum Gasteiger partial charge on any atom is -0.307 e. The molecule has 1 N–H and O–H groups in total. The molecule has 4 rings (SSSR count). The maximum absolute atomic E-state index is 11.8. The maximum atomic E-state index is 11.8. The lowest BCUT2D eigenvalue weighted by Crippen LogP contribution is -2.41. The molecular formula is C19H25ClN4O2S2. The quantitative estimate of drug-likeness (QED) is 0.720.